The first-order valence-corrected chi connectivity index (χ1v) is 11.7. The number of halogens is 1. The average molecular weight is 472 g/mol. The van der Waals surface area contributed by atoms with Crippen LogP contribution in [-0.2, 0) is 10.3 Å². The van der Waals surface area contributed by atoms with Crippen molar-refractivity contribution in [2.75, 3.05) is 31.1 Å². The first-order valence-electron chi connectivity index (χ1n) is 10.6. The quantitative estimate of drug-likeness (QED) is 0.340. The highest BCUT2D eigenvalue weighted by atomic mass is 32.2. The van der Waals surface area contributed by atoms with E-state index in [1.54, 1.807) is 31.0 Å². The average Bonchev–Trinajstić information content (AvgIpc) is 2.88. The number of rotatable bonds is 8. The fourth-order valence-electron chi connectivity index (χ4n) is 4.05. The zero-order valence-electron chi connectivity index (χ0n) is 19.0. The number of nitrogens with zero attached hydrogens (tertiary/aromatic N) is 3. The molecule has 1 aliphatic carbocycles. The van der Waals surface area contributed by atoms with Crippen LogP contribution < -0.4 is 11.1 Å². The van der Waals surface area contributed by atoms with Crippen molar-refractivity contribution < 1.29 is 13.9 Å². The van der Waals surface area contributed by atoms with E-state index in [1.807, 2.05) is 19.2 Å². The zero-order chi connectivity index (χ0) is 24.3. The fraction of sp³-hybridized carbons (Fsp3) is 0.417. The van der Waals surface area contributed by atoms with Gasteiger partial charge in [-0.1, -0.05) is 0 Å². The number of hydrogen-bond acceptors (Lipinski definition) is 8. The van der Waals surface area contributed by atoms with Gasteiger partial charge in [-0.15, -0.1) is 11.8 Å². The van der Waals surface area contributed by atoms with E-state index in [4.69, 9.17) is 15.7 Å². The number of aldehydes is 1. The van der Waals surface area contributed by atoms with Gasteiger partial charge in [-0.3, -0.25) is 14.8 Å². The molecule has 0 amide bonds. The molecule has 7 nitrogen and oxygen atoms in total. The van der Waals surface area contributed by atoms with Gasteiger partial charge in [0.2, 0.25) is 0 Å². The molecular weight excluding hydrogens is 441 g/mol. The first kappa shape index (κ1) is 26.5. The smallest absolute Gasteiger partial charge is 0.168 e. The van der Waals surface area contributed by atoms with E-state index in [1.165, 1.54) is 18.3 Å². The molecule has 3 rings (SSSR count). The number of nitrogens with one attached hydrogen (secondary N) is 1. The van der Waals surface area contributed by atoms with Crippen LogP contribution in [0.15, 0.2) is 41.5 Å². The molecule has 1 aromatic carbocycles. The van der Waals surface area contributed by atoms with E-state index in [0.717, 1.165) is 30.7 Å². The van der Waals surface area contributed by atoms with E-state index in [-0.39, 0.29) is 17.8 Å². The van der Waals surface area contributed by atoms with Gasteiger partial charge < -0.3 is 15.8 Å². The maximum Gasteiger partial charge on any atom is 0.168 e. The van der Waals surface area contributed by atoms with Crippen LogP contribution >= 0.6 is 11.8 Å². The molecule has 0 saturated heterocycles. The Morgan fingerprint density at radius 1 is 1.48 bits per heavy atom. The molecule has 1 fully saturated rings. The molecule has 33 heavy (non-hydrogen) atoms. The minimum Gasteiger partial charge on any atom is -0.388 e. The number of aliphatic imine (C=N–C) groups is 1. The summed E-state index contributed by atoms with van der Waals surface area (Å²) in [5.41, 5.74) is 7.35. The van der Waals surface area contributed by atoms with Gasteiger partial charge in [-0.25, -0.2) is 4.39 Å². The summed E-state index contributed by atoms with van der Waals surface area (Å²) in [4.78, 5) is 18.2. The molecule has 3 N–H and O–H groups in total. The second-order valence-corrected chi connectivity index (χ2v) is 8.67. The number of pyridine rings is 1. The summed E-state index contributed by atoms with van der Waals surface area (Å²) in [5, 5.41) is 11.4. The Morgan fingerprint density at radius 3 is 2.82 bits per heavy atom. The van der Waals surface area contributed by atoms with Gasteiger partial charge in [0.1, 0.15) is 17.6 Å². The number of benzene rings is 1. The zero-order valence-corrected chi connectivity index (χ0v) is 19.8. The molecule has 0 bridgehead atoms. The van der Waals surface area contributed by atoms with Crippen molar-refractivity contribution in [3.63, 3.8) is 0 Å². The molecule has 1 aromatic heterocycles. The molecule has 0 radical (unpaired) electrons. The lowest BCUT2D eigenvalue weighted by Crippen LogP contribution is -2.43. The second-order valence-electron chi connectivity index (χ2n) is 7.59. The molecule has 2 aromatic rings. The van der Waals surface area contributed by atoms with Gasteiger partial charge in [0, 0.05) is 43.2 Å². The molecule has 1 heterocycles. The summed E-state index contributed by atoms with van der Waals surface area (Å²) < 4.78 is 20.2. The largest absolute Gasteiger partial charge is 0.388 e. The van der Waals surface area contributed by atoms with Crippen molar-refractivity contribution in [3.05, 3.63) is 59.2 Å². The van der Waals surface area contributed by atoms with Gasteiger partial charge in [0.05, 0.1) is 17.2 Å². The van der Waals surface area contributed by atoms with Crippen LogP contribution in [-0.4, -0.2) is 49.9 Å². The summed E-state index contributed by atoms with van der Waals surface area (Å²) in [7, 11) is 3.56. The minimum atomic E-state index is -0.617. The van der Waals surface area contributed by atoms with Crippen LogP contribution in [0.2, 0.25) is 0 Å². The van der Waals surface area contributed by atoms with E-state index < -0.39 is 5.54 Å². The van der Waals surface area contributed by atoms with Gasteiger partial charge in [0.15, 0.2) is 6.29 Å². The summed E-state index contributed by atoms with van der Waals surface area (Å²) in [6.07, 6.45) is 4.61. The molecular formula is C24H30FN5O2S. The number of hydrogen-bond donors (Lipinski definition) is 2. The Kier molecular flexibility index (Phi) is 10.5. The molecule has 0 spiro atoms. The number of methoxy groups -OCH3 is 1. The maximum atomic E-state index is 14.6. The van der Waals surface area contributed by atoms with Crippen molar-refractivity contribution in [1.82, 2.24) is 4.98 Å². The third-order valence-electron chi connectivity index (χ3n) is 5.88. The van der Waals surface area contributed by atoms with E-state index in [2.05, 4.69) is 22.0 Å². The van der Waals surface area contributed by atoms with E-state index in [0.29, 0.717) is 29.0 Å². The summed E-state index contributed by atoms with van der Waals surface area (Å²) in [6.45, 7) is 3.82. The Hall–Kier alpha value is -2.80. The normalized spacial score (nSPS) is 21.8. The Morgan fingerprint density at radius 2 is 2.27 bits per heavy atom. The predicted octanol–water partition coefficient (Wildman–Crippen LogP) is 3.99. The summed E-state index contributed by atoms with van der Waals surface area (Å²) in [5.74, 6) is 1.28. The van der Waals surface area contributed by atoms with Crippen LogP contribution in [0, 0.1) is 23.1 Å². The lowest BCUT2D eigenvalue weighted by atomic mass is 9.68. The van der Waals surface area contributed by atoms with Crippen LogP contribution in [0.3, 0.4) is 0 Å². The standard InChI is InChI=1S/C17H26FN3OS.C7H4N2O/c1-20-13-4-5-16(18)15(9-13)17(21-2)7-6-14(22-3)8-12(17)10-23-11-19;8-3-6-1-2-7(5-10)9-4-6/h4-5,9,12,14,20H,2,6-8,10-11,19H2,1,3H3;1-2,4-5H. The Bertz CT molecular complexity index is 966. The molecule has 1 aliphatic rings. The monoisotopic (exact) mass is 471 g/mol. The van der Waals surface area contributed by atoms with Gasteiger partial charge in [0.25, 0.3) is 0 Å². The van der Waals surface area contributed by atoms with Gasteiger partial charge in [-0.2, -0.15) is 5.26 Å². The first-order chi connectivity index (χ1) is 16.0. The SMILES string of the molecule is C=NC1(c2cc(NC)ccc2F)CCC(OC)CC1CSCN.N#Cc1ccc(C=O)nc1. The van der Waals surface area contributed by atoms with Crippen LogP contribution in [0.5, 0.6) is 0 Å². The van der Waals surface area contributed by atoms with Crippen molar-refractivity contribution >= 4 is 30.5 Å². The minimum absolute atomic E-state index is 0.147. The molecule has 3 atom stereocenters. The van der Waals surface area contributed by atoms with Crippen LogP contribution in [0.1, 0.15) is 40.9 Å². The number of ether oxygens (including phenoxy) is 1. The number of nitrogens with two attached hydrogens (primary N) is 1. The van der Waals surface area contributed by atoms with Crippen molar-refractivity contribution in [3.8, 4) is 6.07 Å². The van der Waals surface area contributed by atoms with E-state index >= 15 is 0 Å². The van der Waals surface area contributed by atoms with Crippen LogP contribution in [0.4, 0.5) is 10.1 Å². The number of carbonyl (C=O) groups excluding carboxylic acids is 1. The van der Waals surface area contributed by atoms with Gasteiger partial charge >= 0.3 is 0 Å². The highest BCUT2D eigenvalue weighted by molar-refractivity contribution is 7.99. The lowest BCUT2D eigenvalue weighted by molar-refractivity contribution is 0.0236. The highest BCUT2D eigenvalue weighted by Crippen LogP contribution is 2.48. The number of thioether (sulfide) groups is 1. The third-order valence-corrected chi connectivity index (χ3v) is 6.75. The molecule has 1 saturated carbocycles. The second kappa shape index (κ2) is 13.0. The van der Waals surface area contributed by atoms with Gasteiger partial charge in [-0.05, 0) is 62.2 Å². The molecule has 0 aliphatic heterocycles. The molecule has 176 valence electrons. The molecule has 9 heteroatoms. The van der Waals surface area contributed by atoms with Crippen molar-refractivity contribution in [2.24, 2.45) is 16.6 Å². The number of anilines is 1. The third kappa shape index (κ3) is 6.60. The Labute approximate surface area is 198 Å². The van der Waals surface area contributed by atoms with Crippen LogP contribution in [0.25, 0.3) is 0 Å². The highest BCUT2D eigenvalue weighted by Gasteiger charge is 2.45. The lowest BCUT2D eigenvalue weighted by Gasteiger charge is -2.44. The topological polar surface area (TPSA) is 113 Å². The number of nitriles is 1. The molecule has 3 unspecified atom stereocenters. The number of aromatic nitrogens is 1. The Balaban J connectivity index is 0.000000321. The van der Waals surface area contributed by atoms with Crippen molar-refractivity contribution in [1.29, 1.82) is 5.26 Å². The summed E-state index contributed by atoms with van der Waals surface area (Å²) in [6, 6.07) is 10.1. The number of carbonyl (C=O) groups is 1. The van der Waals surface area contributed by atoms with E-state index in [9.17, 15) is 9.18 Å². The fourth-order valence-corrected chi connectivity index (χ4v) is 4.88. The summed E-state index contributed by atoms with van der Waals surface area (Å²) >= 11 is 1.65. The van der Waals surface area contributed by atoms with Crippen molar-refractivity contribution in [2.45, 2.75) is 30.9 Å². The maximum absolute atomic E-state index is 14.6. The predicted molar refractivity (Wildman–Crippen MR) is 131 cm³/mol.